The van der Waals surface area contributed by atoms with Crippen molar-refractivity contribution in [1.82, 2.24) is 4.90 Å². The molecule has 1 amide bonds. The first kappa shape index (κ1) is 22.0. The number of amides is 1. The Bertz CT molecular complexity index is 819. The van der Waals surface area contributed by atoms with Gasteiger partial charge in [-0.05, 0) is 78.5 Å². The Morgan fingerprint density at radius 3 is 2.28 bits per heavy atom. The SMILES string of the molecule is CN(C(=O)OC(C)(C)C)C1CCc2c1cc(F)c(B1OC(C)(C)C(C)(C)O1)c2F. The first-order chi connectivity index (χ1) is 13.1. The Morgan fingerprint density at radius 2 is 1.76 bits per heavy atom. The zero-order valence-corrected chi connectivity index (χ0v) is 18.5. The zero-order chi connectivity index (χ0) is 21.9. The minimum Gasteiger partial charge on any atom is -0.444 e. The van der Waals surface area contributed by atoms with Crippen molar-refractivity contribution in [2.75, 3.05) is 7.05 Å². The average molecular weight is 409 g/mol. The monoisotopic (exact) mass is 409 g/mol. The molecule has 2 aliphatic rings. The molecule has 0 saturated carbocycles. The third kappa shape index (κ3) is 3.89. The van der Waals surface area contributed by atoms with Crippen molar-refractivity contribution in [3.8, 4) is 0 Å². The molecule has 0 aromatic heterocycles. The minimum absolute atomic E-state index is 0.206. The van der Waals surface area contributed by atoms with Crippen molar-refractivity contribution >= 4 is 18.7 Å². The molecule has 1 aliphatic heterocycles. The van der Waals surface area contributed by atoms with Crippen molar-refractivity contribution in [3.63, 3.8) is 0 Å². The summed E-state index contributed by atoms with van der Waals surface area (Å²) in [4.78, 5) is 13.8. The Morgan fingerprint density at radius 1 is 1.21 bits per heavy atom. The summed E-state index contributed by atoms with van der Waals surface area (Å²) in [6.45, 7) is 12.7. The quantitative estimate of drug-likeness (QED) is 0.690. The van der Waals surface area contributed by atoms with Crippen molar-refractivity contribution in [3.05, 3.63) is 28.8 Å². The molecule has 5 nitrogen and oxygen atoms in total. The maximum Gasteiger partial charge on any atom is 0.500 e. The van der Waals surface area contributed by atoms with Gasteiger partial charge in [0.1, 0.15) is 17.2 Å². The van der Waals surface area contributed by atoms with Gasteiger partial charge in [-0.3, -0.25) is 0 Å². The van der Waals surface area contributed by atoms with Gasteiger partial charge >= 0.3 is 13.2 Å². The summed E-state index contributed by atoms with van der Waals surface area (Å²) in [5.74, 6) is -1.39. The summed E-state index contributed by atoms with van der Waals surface area (Å²) in [6, 6.07) is 0.855. The van der Waals surface area contributed by atoms with Crippen LogP contribution < -0.4 is 5.46 Å². The third-order valence-electron chi connectivity index (χ3n) is 6.05. The number of nitrogens with zero attached hydrogens (tertiary/aromatic N) is 1. The molecule has 8 heteroatoms. The zero-order valence-electron chi connectivity index (χ0n) is 18.5. The second-order valence-electron chi connectivity index (χ2n) is 9.89. The molecular weight excluding hydrogens is 379 g/mol. The second-order valence-corrected chi connectivity index (χ2v) is 9.89. The molecule has 29 heavy (non-hydrogen) atoms. The highest BCUT2D eigenvalue weighted by Gasteiger charge is 2.54. The summed E-state index contributed by atoms with van der Waals surface area (Å²) >= 11 is 0. The summed E-state index contributed by atoms with van der Waals surface area (Å²) in [5.41, 5.74) is -1.39. The number of carbonyl (C=O) groups is 1. The van der Waals surface area contributed by atoms with E-state index < -0.39 is 47.7 Å². The molecule has 0 N–H and O–H groups in total. The molecule has 1 fully saturated rings. The van der Waals surface area contributed by atoms with Gasteiger partial charge in [0, 0.05) is 7.05 Å². The maximum absolute atomic E-state index is 15.4. The molecule has 0 radical (unpaired) electrons. The third-order valence-corrected chi connectivity index (χ3v) is 6.05. The van der Waals surface area contributed by atoms with Crippen LogP contribution in [0.15, 0.2) is 6.07 Å². The van der Waals surface area contributed by atoms with Crippen LogP contribution in [0.3, 0.4) is 0 Å². The number of rotatable bonds is 2. The molecule has 0 bridgehead atoms. The highest BCUT2D eigenvalue weighted by Crippen LogP contribution is 2.40. The number of ether oxygens (including phenoxy) is 1. The van der Waals surface area contributed by atoms with Crippen LogP contribution >= 0.6 is 0 Å². The topological polar surface area (TPSA) is 48.0 Å². The lowest BCUT2D eigenvalue weighted by Crippen LogP contribution is -2.41. The van der Waals surface area contributed by atoms with E-state index in [1.165, 1.54) is 11.0 Å². The van der Waals surface area contributed by atoms with Crippen LogP contribution in [0.4, 0.5) is 13.6 Å². The number of hydrogen-bond donors (Lipinski definition) is 0. The molecule has 3 rings (SSSR count). The van der Waals surface area contributed by atoms with Crippen LogP contribution in [0.25, 0.3) is 0 Å². The Balaban J connectivity index is 1.92. The minimum atomic E-state index is -1.12. The largest absolute Gasteiger partial charge is 0.500 e. The van der Waals surface area contributed by atoms with Gasteiger partial charge in [-0.2, -0.15) is 0 Å². The highest BCUT2D eigenvalue weighted by molar-refractivity contribution is 6.62. The van der Waals surface area contributed by atoms with Crippen LogP contribution in [0.2, 0.25) is 0 Å². The van der Waals surface area contributed by atoms with Crippen LogP contribution in [-0.4, -0.2) is 42.0 Å². The van der Waals surface area contributed by atoms with Crippen LogP contribution in [0.1, 0.15) is 72.1 Å². The first-order valence-corrected chi connectivity index (χ1v) is 9.97. The lowest BCUT2D eigenvalue weighted by atomic mass is 9.76. The van der Waals surface area contributed by atoms with E-state index >= 15 is 8.78 Å². The normalized spacial score (nSPS) is 22.6. The molecule has 1 aliphatic carbocycles. The lowest BCUT2D eigenvalue weighted by Gasteiger charge is -2.32. The molecule has 1 saturated heterocycles. The van der Waals surface area contributed by atoms with Gasteiger partial charge in [0.2, 0.25) is 0 Å². The molecule has 0 spiro atoms. The van der Waals surface area contributed by atoms with Gasteiger partial charge in [0.05, 0.1) is 22.7 Å². The van der Waals surface area contributed by atoms with Gasteiger partial charge in [-0.25, -0.2) is 13.6 Å². The summed E-state index contributed by atoms with van der Waals surface area (Å²) < 4.78 is 47.5. The fourth-order valence-corrected chi connectivity index (χ4v) is 3.72. The molecule has 1 atom stereocenters. The molecule has 1 heterocycles. The van der Waals surface area contributed by atoms with Gasteiger partial charge < -0.3 is 18.9 Å². The van der Waals surface area contributed by atoms with Gasteiger partial charge in [-0.15, -0.1) is 0 Å². The number of hydrogen-bond acceptors (Lipinski definition) is 4. The molecule has 1 aromatic rings. The van der Waals surface area contributed by atoms with Crippen molar-refractivity contribution in [2.24, 2.45) is 0 Å². The maximum atomic E-state index is 15.4. The van der Waals surface area contributed by atoms with Gasteiger partial charge in [0.25, 0.3) is 0 Å². The van der Waals surface area contributed by atoms with E-state index in [0.29, 0.717) is 24.0 Å². The van der Waals surface area contributed by atoms with Crippen molar-refractivity contribution in [1.29, 1.82) is 0 Å². The lowest BCUT2D eigenvalue weighted by molar-refractivity contribution is 0.00578. The molecule has 1 aromatic carbocycles. The molecule has 160 valence electrons. The Labute approximate surface area is 171 Å². The van der Waals surface area contributed by atoms with Crippen molar-refractivity contribution in [2.45, 2.75) is 84.2 Å². The van der Waals surface area contributed by atoms with E-state index in [1.54, 1.807) is 27.8 Å². The number of fused-ring (bicyclic) bond motifs is 1. The number of benzene rings is 1. The van der Waals surface area contributed by atoms with E-state index in [-0.39, 0.29) is 5.46 Å². The fraction of sp³-hybridized carbons (Fsp3) is 0.667. The van der Waals surface area contributed by atoms with E-state index in [9.17, 15) is 4.79 Å². The summed E-state index contributed by atoms with van der Waals surface area (Å²) in [7, 11) is 0.471. The number of carbonyl (C=O) groups excluding carboxylic acids is 1. The van der Waals surface area contributed by atoms with Crippen LogP contribution in [0.5, 0.6) is 0 Å². The highest BCUT2D eigenvalue weighted by atomic mass is 19.1. The van der Waals surface area contributed by atoms with E-state index in [0.717, 1.165) is 0 Å². The van der Waals surface area contributed by atoms with E-state index in [4.69, 9.17) is 14.0 Å². The molecule has 1 unspecified atom stereocenters. The van der Waals surface area contributed by atoms with Gasteiger partial charge in [-0.1, -0.05) is 0 Å². The predicted octanol–water partition coefficient (Wildman–Crippen LogP) is 4.12. The van der Waals surface area contributed by atoms with E-state index in [1.807, 2.05) is 27.7 Å². The Hall–Kier alpha value is -1.67. The standard InChI is InChI=1S/C21H30BF2NO4/c1-19(2,3)27-18(26)25(8)15-10-9-12-13(15)11-14(23)16(17(12)24)22-28-20(4,5)21(6,7)29-22/h11,15H,9-10H2,1-8H3. The molecular formula is C21H30BF2NO4. The average Bonchev–Trinajstić information content (AvgIpc) is 3.03. The summed E-state index contributed by atoms with van der Waals surface area (Å²) in [5, 5.41) is 0. The summed E-state index contributed by atoms with van der Waals surface area (Å²) in [6.07, 6.45) is 0.367. The van der Waals surface area contributed by atoms with Gasteiger partial charge in [0.15, 0.2) is 0 Å². The van der Waals surface area contributed by atoms with E-state index in [2.05, 4.69) is 0 Å². The smallest absolute Gasteiger partial charge is 0.444 e. The fourth-order valence-electron chi connectivity index (χ4n) is 3.72. The number of halogens is 2. The first-order valence-electron chi connectivity index (χ1n) is 9.97. The van der Waals surface area contributed by atoms with Crippen LogP contribution in [-0.2, 0) is 20.5 Å². The Kier molecular flexibility index (Phi) is 5.28. The van der Waals surface area contributed by atoms with Crippen LogP contribution in [0, 0.1) is 11.6 Å². The predicted molar refractivity (Wildman–Crippen MR) is 107 cm³/mol. The van der Waals surface area contributed by atoms with Crippen molar-refractivity contribution < 1.29 is 27.6 Å². The second kappa shape index (κ2) is 6.94.